The summed E-state index contributed by atoms with van der Waals surface area (Å²) in [6.07, 6.45) is 0. The largest absolute Gasteiger partial charge is 0.387 e. The van der Waals surface area contributed by atoms with Crippen LogP contribution in [0.5, 0.6) is 0 Å². The number of amides is 1. The second-order valence-electron chi connectivity index (χ2n) is 5.04. The lowest BCUT2D eigenvalue weighted by Crippen LogP contribution is -2.47. The molecular weight excluding hydrogens is 254 g/mol. The molecule has 1 unspecified atom stereocenters. The molecule has 1 aromatic rings. The van der Waals surface area contributed by atoms with E-state index < -0.39 is 23.1 Å². The summed E-state index contributed by atoms with van der Waals surface area (Å²) in [6, 6.07) is 2.73. The van der Waals surface area contributed by atoms with Gasteiger partial charge in [-0.2, -0.15) is 0 Å². The van der Waals surface area contributed by atoms with Gasteiger partial charge in [-0.25, -0.2) is 8.78 Å². The molecule has 0 radical (unpaired) electrons. The zero-order valence-corrected chi connectivity index (χ0v) is 11.2. The summed E-state index contributed by atoms with van der Waals surface area (Å²) in [5.41, 5.74) is -1.38. The van der Waals surface area contributed by atoms with Crippen LogP contribution in [0.2, 0.25) is 0 Å². The fraction of sp³-hybridized carbons (Fsp3) is 0.462. The minimum atomic E-state index is -1.13. The molecule has 1 aromatic carbocycles. The van der Waals surface area contributed by atoms with Crippen LogP contribution in [0, 0.1) is 11.6 Å². The average molecular weight is 272 g/mol. The molecule has 4 nitrogen and oxygen atoms in total. The molecule has 0 spiro atoms. The Morgan fingerprint density at radius 1 is 1.42 bits per heavy atom. The van der Waals surface area contributed by atoms with Crippen molar-refractivity contribution in [3.8, 4) is 0 Å². The number of hydrogen-bond acceptors (Lipinski definition) is 3. The Morgan fingerprint density at radius 3 is 2.58 bits per heavy atom. The van der Waals surface area contributed by atoms with Gasteiger partial charge in [0, 0.05) is 19.2 Å². The van der Waals surface area contributed by atoms with Crippen molar-refractivity contribution in [1.29, 1.82) is 0 Å². The fourth-order valence-electron chi connectivity index (χ4n) is 1.78. The van der Waals surface area contributed by atoms with Crippen molar-refractivity contribution in [2.75, 3.05) is 27.2 Å². The Kier molecular flexibility index (Phi) is 4.97. The first kappa shape index (κ1) is 15.5. The summed E-state index contributed by atoms with van der Waals surface area (Å²) in [5, 5.41) is 12.4. The van der Waals surface area contributed by atoms with E-state index in [1.807, 2.05) is 0 Å². The third kappa shape index (κ3) is 4.92. The van der Waals surface area contributed by atoms with E-state index in [4.69, 9.17) is 0 Å². The van der Waals surface area contributed by atoms with Crippen molar-refractivity contribution >= 4 is 5.91 Å². The molecule has 1 atom stereocenters. The van der Waals surface area contributed by atoms with Crippen LogP contribution < -0.4 is 5.32 Å². The number of carbonyl (C=O) groups excluding carboxylic acids is 1. The second kappa shape index (κ2) is 6.08. The maximum Gasteiger partial charge on any atom is 0.254 e. The number of nitrogens with zero attached hydrogens (tertiary/aromatic N) is 1. The fourth-order valence-corrected chi connectivity index (χ4v) is 1.78. The van der Waals surface area contributed by atoms with E-state index in [2.05, 4.69) is 5.32 Å². The summed E-state index contributed by atoms with van der Waals surface area (Å²) in [5.74, 6) is -2.35. The molecule has 0 fully saturated rings. The third-order valence-electron chi connectivity index (χ3n) is 2.46. The quantitative estimate of drug-likeness (QED) is 0.841. The highest BCUT2D eigenvalue weighted by atomic mass is 19.1. The summed E-state index contributed by atoms with van der Waals surface area (Å²) >= 11 is 0. The molecule has 6 heteroatoms. The van der Waals surface area contributed by atoms with Crippen molar-refractivity contribution < 1.29 is 18.7 Å². The van der Waals surface area contributed by atoms with Gasteiger partial charge in [-0.15, -0.1) is 0 Å². The van der Waals surface area contributed by atoms with Crippen LogP contribution in [0.15, 0.2) is 18.2 Å². The molecule has 0 aromatic heterocycles. The van der Waals surface area contributed by atoms with Crippen molar-refractivity contribution in [1.82, 2.24) is 10.2 Å². The topological polar surface area (TPSA) is 52.6 Å². The lowest BCUT2D eigenvalue weighted by Gasteiger charge is -2.27. The number of hydrogen-bond donors (Lipinski definition) is 2. The molecule has 1 rings (SSSR count). The number of aliphatic hydroxyl groups is 1. The molecule has 0 aliphatic heterocycles. The monoisotopic (exact) mass is 272 g/mol. The minimum Gasteiger partial charge on any atom is -0.387 e. The summed E-state index contributed by atoms with van der Waals surface area (Å²) < 4.78 is 26.1. The molecular formula is C13H18F2N2O2. The number of benzene rings is 1. The zero-order valence-electron chi connectivity index (χ0n) is 11.2. The number of halogens is 2. The van der Waals surface area contributed by atoms with Gasteiger partial charge < -0.3 is 15.3 Å². The summed E-state index contributed by atoms with van der Waals surface area (Å²) in [4.78, 5) is 13.5. The van der Waals surface area contributed by atoms with Crippen molar-refractivity contribution in [3.63, 3.8) is 0 Å². The summed E-state index contributed by atoms with van der Waals surface area (Å²) in [7, 11) is 3.58. The van der Waals surface area contributed by atoms with E-state index in [-0.39, 0.29) is 12.1 Å². The predicted molar refractivity (Wildman–Crippen MR) is 67.9 cm³/mol. The van der Waals surface area contributed by atoms with Crippen molar-refractivity contribution in [2.24, 2.45) is 0 Å². The standard InChI is InChI=1S/C13H18F2N2O2/c1-13(19,8-17(2)3)7-16-12(18)10-5-4-9(14)6-11(10)15/h4-6,19H,7-8H2,1-3H3,(H,16,18). The normalized spacial score (nSPS) is 14.3. The molecule has 2 N–H and O–H groups in total. The van der Waals surface area contributed by atoms with Crippen LogP contribution in [0.25, 0.3) is 0 Å². The van der Waals surface area contributed by atoms with Gasteiger partial charge in [0.15, 0.2) is 0 Å². The smallest absolute Gasteiger partial charge is 0.254 e. The Balaban J connectivity index is 2.65. The van der Waals surface area contributed by atoms with E-state index in [9.17, 15) is 18.7 Å². The lowest BCUT2D eigenvalue weighted by atomic mass is 10.1. The zero-order chi connectivity index (χ0) is 14.6. The number of likely N-dealkylation sites (N-methyl/N-ethyl adjacent to an activating group) is 1. The molecule has 0 heterocycles. The number of nitrogens with one attached hydrogen (secondary N) is 1. The van der Waals surface area contributed by atoms with E-state index in [1.165, 1.54) is 0 Å². The van der Waals surface area contributed by atoms with Gasteiger partial charge in [0.25, 0.3) is 5.91 Å². The molecule has 0 saturated carbocycles. The predicted octanol–water partition coefficient (Wildman–Crippen LogP) is 1.01. The Labute approximate surface area is 111 Å². The van der Waals surface area contributed by atoms with Crippen LogP contribution >= 0.6 is 0 Å². The van der Waals surface area contributed by atoms with Gasteiger partial charge in [0.05, 0.1) is 11.2 Å². The van der Waals surface area contributed by atoms with Gasteiger partial charge in [-0.1, -0.05) is 0 Å². The molecule has 106 valence electrons. The first-order chi connectivity index (χ1) is 8.71. The molecule has 0 bridgehead atoms. The third-order valence-corrected chi connectivity index (χ3v) is 2.46. The van der Waals surface area contributed by atoms with Crippen LogP contribution in [0.1, 0.15) is 17.3 Å². The van der Waals surface area contributed by atoms with Crippen LogP contribution in [-0.4, -0.2) is 48.7 Å². The highest BCUT2D eigenvalue weighted by Gasteiger charge is 2.23. The van der Waals surface area contributed by atoms with Gasteiger partial charge in [-0.05, 0) is 33.2 Å². The molecule has 0 saturated heterocycles. The van der Waals surface area contributed by atoms with Gasteiger partial charge in [0.1, 0.15) is 11.6 Å². The first-order valence-corrected chi connectivity index (χ1v) is 5.82. The van der Waals surface area contributed by atoms with Crippen molar-refractivity contribution in [2.45, 2.75) is 12.5 Å². The average Bonchev–Trinajstić information content (AvgIpc) is 2.24. The molecule has 0 aliphatic rings. The van der Waals surface area contributed by atoms with Crippen LogP contribution in [0.4, 0.5) is 8.78 Å². The number of rotatable bonds is 5. The lowest BCUT2D eigenvalue weighted by molar-refractivity contribution is 0.0325. The SMILES string of the molecule is CN(C)CC(C)(O)CNC(=O)c1ccc(F)cc1F. The first-order valence-electron chi connectivity index (χ1n) is 5.82. The van der Waals surface area contributed by atoms with Crippen molar-refractivity contribution in [3.05, 3.63) is 35.4 Å². The molecule has 19 heavy (non-hydrogen) atoms. The van der Waals surface area contributed by atoms with Gasteiger partial charge in [0.2, 0.25) is 0 Å². The van der Waals surface area contributed by atoms with Crippen LogP contribution in [-0.2, 0) is 0 Å². The van der Waals surface area contributed by atoms with E-state index in [0.29, 0.717) is 12.6 Å². The maximum absolute atomic E-state index is 13.4. The van der Waals surface area contributed by atoms with E-state index in [1.54, 1.807) is 25.9 Å². The summed E-state index contributed by atoms with van der Waals surface area (Å²) in [6.45, 7) is 1.88. The van der Waals surface area contributed by atoms with Gasteiger partial charge in [-0.3, -0.25) is 4.79 Å². The Morgan fingerprint density at radius 2 is 2.05 bits per heavy atom. The van der Waals surface area contributed by atoms with E-state index in [0.717, 1.165) is 12.1 Å². The van der Waals surface area contributed by atoms with Crippen LogP contribution in [0.3, 0.4) is 0 Å². The Bertz CT molecular complexity index is 462. The van der Waals surface area contributed by atoms with E-state index >= 15 is 0 Å². The van der Waals surface area contributed by atoms with Gasteiger partial charge >= 0.3 is 0 Å². The minimum absolute atomic E-state index is 0.0270. The number of carbonyl (C=O) groups is 1. The Hall–Kier alpha value is -1.53. The highest BCUT2D eigenvalue weighted by molar-refractivity contribution is 5.94. The maximum atomic E-state index is 13.4. The molecule has 1 amide bonds. The molecule has 0 aliphatic carbocycles. The second-order valence-corrected chi connectivity index (χ2v) is 5.04. The highest BCUT2D eigenvalue weighted by Crippen LogP contribution is 2.10.